The number of halogens is 2. The van der Waals surface area contributed by atoms with E-state index in [1.165, 1.54) is 7.11 Å². The van der Waals surface area contributed by atoms with Gasteiger partial charge in [0.05, 0.1) is 18.2 Å². The normalized spacial score (nSPS) is 11.9. The summed E-state index contributed by atoms with van der Waals surface area (Å²) in [6.07, 6.45) is 0. The van der Waals surface area contributed by atoms with Gasteiger partial charge < -0.3 is 10.1 Å². The summed E-state index contributed by atoms with van der Waals surface area (Å²) in [6.45, 7) is 2.07. The van der Waals surface area contributed by atoms with Gasteiger partial charge in [0.15, 0.2) is 11.6 Å². The number of hydrogen-bond acceptors (Lipinski definition) is 3. The molecule has 16 heavy (non-hydrogen) atoms. The Kier molecular flexibility index (Phi) is 4.20. The lowest BCUT2D eigenvalue weighted by molar-refractivity contribution is 0.190. The second-order valence-corrected chi connectivity index (χ2v) is 3.43. The summed E-state index contributed by atoms with van der Waals surface area (Å²) in [7, 11) is 1.50. The topological polar surface area (TPSA) is 45.0 Å². The van der Waals surface area contributed by atoms with Gasteiger partial charge in [-0.2, -0.15) is 5.26 Å². The molecule has 0 bridgehead atoms. The van der Waals surface area contributed by atoms with Crippen LogP contribution in [0.15, 0.2) is 12.1 Å². The van der Waals surface area contributed by atoms with Gasteiger partial charge in [-0.3, -0.25) is 0 Å². The van der Waals surface area contributed by atoms with Crippen molar-refractivity contribution in [3.63, 3.8) is 0 Å². The second-order valence-electron chi connectivity index (χ2n) is 3.43. The minimum Gasteiger partial charge on any atom is -0.383 e. The molecular formula is C11H12F2N2O. The van der Waals surface area contributed by atoms with E-state index in [4.69, 9.17) is 10.00 Å². The predicted molar refractivity (Wildman–Crippen MR) is 56.0 cm³/mol. The molecule has 1 rings (SSSR count). The van der Waals surface area contributed by atoms with Gasteiger partial charge in [0.25, 0.3) is 0 Å². The van der Waals surface area contributed by atoms with E-state index in [1.54, 1.807) is 13.0 Å². The van der Waals surface area contributed by atoms with Gasteiger partial charge in [-0.25, -0.2) is 8.78 Å². The van der Waals surface area contributed by atoms with E-state index in [9.17, 15) is 8.78 Å². The molecule has 5 heteroatoms. The van der Waals surface area contributed by atoms with Gasteiger partial charge in [-0.1, -0.05) is 0 Å². The summed E-state index contributed by atoms with van der Waals surface area (Å²) in [4.78, 5) is 0. The van der Waals surface area contributed by atoms with Gasteiger partial charge in [0.1, 0.15) is 5.69 Å². The fraction of sp³-hybridized carbons (Fsp3) is 0.364. The number of ether oxygens (including phenoxy) is 1. The molecule has 0 heterocycles. The lowest BCUT2D eigenvalue weighted by Crippen LogP contribution is -2.22. The highest BCUT2D eigenvalue weighted by Gasteiger charge is 2.13. The van der Waals surface area contributed by atoms with E-state index in [0.29, 0.717) is 6.61 Å². The molecule has 0 saturated carbocycles. The monoisotopic (exact) mass is 226 g/mol. The van der Waals surface area contributed by atoms with E-state index in [0.717, 1.165) is 12.1 Å². The molecular weight excluding hydrogens is 214 g/mol. The summed E-state index contributed by atoms with van der Waals surface area (Å²) < 4.78 is 31.6. The lowest BCUT2D eigenvalue weighted by Gasteiger charge is -2.15. The fourth-order valence-corrected chi connectivity index (χ4v) is 1.31. The highest BCUT2D eigenvalue weighted by Crippen LogP contribution is 2.21. The molecule has 0 aliphatic heterocycles. The maximum atomic E-state index is 13.4. The average Bonchev–Trinajstić information content (AvgIpc) is 2.23. The van der Waals surface area contributed by atoms with Gasteiger partial charge in [-0.05, 0) is 19.1 Å². The van der Waals surface area contributed by atoms with Crippen LogP contribution in [0.3, 0.4) is 0 Å². The summed E-state index contributed by atoms with van der Waals surface area (Å²) in [5.41, 5.74) is -0.275. The molecule has 1 atom stereocenters. The average molecular weight is 226 g/mol. The first-order valence-electron chi connectivity index (χ1n) is 4.73. The third kappa shape index (κ3) is 2.91. The molecule has 1 N–H and O–H groups in total. The van der Waals surface area contributed by atoms with Crippen LogP contribution >= 0.6 is 0 Å². The van der Waals surface area contributed by atoms with Crippen molar-refractivity contribution in [2.24, 2.45) is 0 Å². The maximum Gasteiger partial charge on any atom is 0.150 e. The highest BCUT2D eigenvalue weighted by molar-refractivity contribution is 5.50. The Morgan fingerprint density at radius 3 is 2.44 bits per heavy atom. The smallest absolute Gasteiger partial charge is 0.150 e. The first-order valence-corrected chi connectivity index (χ1v) is 4.73. The zero-order valence-electron chi connectivity index (χ0n) is 9.05. The Morgan fingerprint density at radius 2 is 2.00 bits per heavy atom. The third-order valence-electron chi connectivity index (χ3n) is 1.98. The molecule has 0 spiro atoms. The first kappa shape index (κ1) is 12.4. The number of anilines is 1. The van der Waals surface area contributed by atoms with E-state index >= 15 is 0 Å². The van der Waals surface area contributed by atoms with Gasteiger partial charge in [0, 0.05) is 13.2 Å². The number of rotatable bonds is 4. The van der Waals surface area contributed by atoms with Crippen molar-refractivity contribution in [1.29, 1.82) is 5.26 Å². The van der Waals surface area contributed by atoms with Gasteiger partial charge in [-0.15, -0.1) is 0 Å². The van der Waals surface area contributed by atoms with Gasteiger partial charge in [0.2, 0.25) is 0 Å². The Hall–Kier alpha value is -1.67. The van der Waals surface area contributed by atoms with Crippen LogP contribution in [0.5, 0.6) is 0 Å². The van der Waals surface area contributed by atoms with Crippen LogP contribution < -0.4 is 5.32 Å². The summed E-state index contributed by atoms with van der Waals surface area (Å²) >= 11 is 0. The van der Waals surface area contributed by atoms with E-state index in [-0.39, 0.29) is 17.3 Å². The van der Waals surface area contributed by atoms with Crippen LogP contribution in [0.25, 0.3) is 0 Å². The Bertz CT molecular complexity index is 392. The minimum atomic E-state index is -0.778. The molecule has 3 nitrogen and oxygen atoms in total. The van der Waals surface area contributed by atoms with Crippen LogP contribution in [-0.2, 0) is 4.74 Å². The SMILES string of the molecule is COC[C@@H](C)Nc1c(F)cc(C#N)cc1F. The van der Waals surface area contributed by atoms with Crippen molar-refractivity contribution >= 4 is 5.69 Å². The van der Waals surface area contributed by atoms with Crippen molar-refractivity contribution in [3.8, 4) is 6.07 Å². The molecule has 0 aliphatic carbocycles. The maximum absolute atomic E-state index is 13.4. The Morgan fingerprint density at radius 1 is 1.44 bits per heavy atom. The first-order chi connectivity index (χ1) is 7.58. The van der Waals surface area contributed by atoms with Crippen molar-refractivity contribution < 1.29 is 13.5 Å². The molecule has 86 valence electrons. The Balaban J connectivity index is 2.93. The van der Waals surface area contributed by atoms with Crippen LogP contribution in [0.2, 0.25) is 0 Å². The quantitative estimate of drug-likeness (QED) is 0.856. The lowest BCUT2D eigenvalue weighted by atomic mass is 10.2. The molecule has 0 saturated heterocycles. The number of nitrogens with one attached hydrogen (secondary N) is 1. The number of methoxy groups -OCH3 is 1. The van der Waals surface area contributed by atoms with Crippen molar-refractivity contribution in [2.45, 2.75) is 13.0 Å². The fourth-order valence-electron chi connectivity index (χ4n) is 1.31. The number of hydrogen-bond donors (Lipinski definition) is 1. The molecule has 1 aromatic rings. The largest absolute Gasteiger partial charge is 0.383 e. The van der Waals surface area contributed by atoms with E-state index in [1.807, 2.05) is 0 Å². The zero-order chi connectivity index (χ0) is 12.1. The predicted octanol–water partition coefficient (Wildman–Crippen LogP) is 2.28. The van der Waals surface area contributed by atoms with Crippen LogP contribution in [-0.4, -0.2) is 19.8 Å². The zero-order valence-corrected chi connectivity index (χ0v) is 9.05. The van der Waals surface area contributed by atoms with Crippen molar-refractivity contribution in [3.05, 3.63) is 29.3 Å². The molecule has 1 aromatic carbocycles. The summed E-state index contributed by atoms with van der Waals surface area (Å²) in [5.74, 6) is -1.56. The van der Waals surface area contributed by atoms with Crippen LogP contribution in [0, 0.1) is 23.0 Å². The molecule has 0 radical (unpaired) electrons. The summed E-state index contributed by atoms with van der Waals surface area (Å²) in [6, 6.07) is 3.44. The Labute approximate surface area is 92.6 Å². The van der Waals surface area contributed by atoms with Crippen molar-refractivity contribution in [1.82, 2.24) is 0 Å². The molecule has 0 unspecified atom stereocenters. The van der Waals surface area contributed by atoms with E-state index < -0.39 is 11.6 Å². The number of benzene rings is 1. The van der Waals surface area contributed by atoms with Crippen molar-refractivity contribution in [2.75, 3.05) is 19.0 Å². The second kappa shape index (κ2) is 5.42. The van der Waals surface area contributed by atoms with Crippen LogP contribution in [0.4, 0.5) is 14.5 Å². The number of nitrogens with zero attached hydrogens (tertiary/aromatic N) is 1. The van der Waals surface area contributed by atoms with E-state index in [2.05, 4.69) is 5.32 Å². The standard InChI is InChI=1S/C11H12F2N2O/c1-7(6-16-2)15-11-9(12)3-8(5-14)4-10(11)13/h3-4,7,15H,6H2,1-2H3/t7-/m1/s1. The van der Waals surface area contributed by atoms with Gasteiger partial charge >= 0.3 is 0 Å². The minimum absolute atomic E-state index is 0.0417. The molecule has 0 fully saturated rings. The molecule has 0 aromatic heterocycles. The summed E-state index contributed by atoms with van der Waals surface area (Å²) in [5, 5.41) is 11.2. The third-order valence-corrected chi connectivity index (χ3v) is 1.98. The highest BCUT2D eigenvalue weighted by atomic mass is 19.1. The number of nitriles is 1. The molecule has 0 aliphatic rings. The van der Waals surface area contributed by atoms with Crippen LogP contribution in [0.1, 0.15) is 12.5 Å². The molecule has 0 amide bonds.